The minimum atomic E-state index is -0.396. The van der Waals surface area contributed by atoms with Gasteiger partial charge in [-0.1, -0.05) is 12.1 Å². The van der Waals surface area contributed by atoms with Crippen LogP contribution in [0, 0.1) is 11.3 Å². The van der Waals surface area contributed by atoms with E-state index in [-0.39, 0.29) is 5.91 Å². The highest BCUT2D eigenvalue weighted by Gasteiger charge is 2.08. The molecule has 0 unspecified atom stereocenters. The van der Waals surface area contributed by atoms with E-state index >= 15 is 0 Å². The van der Waals surface area contributed by atoms with Gasteiger partial charge in [0.15, 0.2) is 0 Å². The molecule has 0 aliphatic rings. The summed E-state index contributed by atoms with van der Waals surface area (Å²) in [6, 6.07) is 19.1. The molecule has 0 aliphatic carbocycles. The zero-order chi connectivity index (χ0) is 19.9. The molecule has 7 nitrogen and oxygen atoms in total. The summed E-state index contributed by atoms with van der Waals surface area (Å²) in [6.45, 7) is 1.41. The Kier molecular flexibility index (Phi) is 5.63. The molecule has 1 aromatic heterocycles. The van der Waals surface area contributed by atoms with E-state index in [9.17, 15) is 14.9 Å². The number of rotatable bonds is 5. The first-order valence-corrected chi connectivity index (χ1v) is 8.37. The number of nitrogens with zero attached hydrogens (tertiary/aromatic N) is 2. The summed E-state index contributed by atoms with van der Waals surface area (Å²) in [7, 11) is 0. The Morgan fingerprint density at radius 2 is 1.82 bits per heavy atom. The van der Waals surface area contributed by atoms with Crippen LogP contribution in [0.3, 0.4) is 0 Å². The molecule has 0 bridgehead atoms. The average Bonchev–Trinajstić information content (AvgIpc) is 3.16. The molecule has 0 aliphatic heterocycles. The van der Waals surface area contributed by atoms with Crippen LogP contribution in [0.4, 0.5) is 5.69 Å². The second kappa shape index (κ2) is 8.47. The van der Waals surface area contributed by atoms with Gasteiger partial charge in [-0.25, -0.2) is 5.43 Å². The summed E-state index contributed by atoms with van der Waals surface area (Å²) in [4.78, 5) is 23.1. The number of hydrazone groups is 1. The Hall–Kier alpha value is -4.18. The number of hydrogen-bond donors (Lipinski definition) is 2. The molecular weight excluding hydrogens is 356 g/mol. The molecule has 0 saturated carbocycles. The van der Waals surface area contributed by atoms with Crippen LogP contribution in [0.2, 0.25) is 0 Å². The summed E-state index contributed by atoms with van der Waals surface area (Å²) >= 11 is 0. The molecule has 28 heavy (non-hydrogen) atoms. The Labute approximate surface area is 161 Å². The van der Waals surface area contributed by atoms with Crippen molar-refractivity contribution >= 4 is 23.7 Å². The Balaban J connectivity index is 1.64. The third-order valence-corrected chi connectivity index (χ3v) is 3.77. The molecule has 2 amide bonds. The van der Waals surface area contributed by atoms with Crippen LogP contribution in [0.25, 0.3) is 11.3 Å². The smallest absolute Gasteiger partial charge is 0.271 e. The SMILES string of the molecule is CC(=O)Nc1ccc(C(=O)N/N=C\c2ccc(-c3ccccc3C#N)o2)cc1. The van der Waals surface area contributed by atoms with Gasteiger partial charge in [0.2, 0.25) is 5.91 Å². The predicted molar refractivity (Wildman–Crippen MR) is 105 cm³/mol. The van der Waals surface area contributed by atoms with Gasteiger partial charge in [0.1, 0.15) is 11.5 Å². The van der Waals surface area contributed by atoms with Gasteiger partial charge < -0.3 is 9.73 Å². The second-order valence-electron chi connectivity index (χ2n) is 5.82. The zero-order valence-electron chi connectivity index (χ0n) is 15.0. The maximum absolute atomic E-state index is 12.1. The summed E-state index contributed by atoms with van der Waals surface area (Å²) in [5, 5.41) is 15.7. The standard InChI is InChI=1S/C21H16N4O3/c1-14(26)24-17-8-6-15(7-9-17)21(27)25-23-13-18-10-11-20(28-18)19-5-3-2-4-16(19)12-22/h2-11,13H,1H3,(H,24,26)(H,25,27)/b23-13-. The lowest BCUT2D eigenvalue weighted by atomic mass is 10.1. The fourth-order valence-electron chi connectivity index (χ4n) is 2.49. The molecular formula is C21H16N4O3. The maximum atomic E-state index is 12.1. The lowest BCUT2D eigenvalue weighted by molar-refractivity contribution is -0.114. The van der Waals surface area contributed by atoms with Gasteiger partial charge in [-0.05, 0) is 48.5 Å². The summed E-state index contributed by atoms with van der Waals surface area (Å²) in [6.07, 6.45) is 1.38. The van der Waals surface area contributed by atoms with Crippen LogP contribution in [-0.2, 0) is 4.79 Å². The lowest BCUT2D eigenvalue weighted by Gasteiger charge is -2.03. The highest BCUT2D eigenvalue weighted by atomic mass is 16.3. The predicted octanol–water partition coefficient (Wildman–Crippen LogP) is 3.54. The molecule has 7 heteroatoms. The zero-order valence-corrected chi connectivity index (χ0v) is 15.0. The number of nitrogens with one attached hydrogen (secondary N) is 2. The fourth-order valence-corrected chi connectivity index (χ4v) is 2.49. The number of carbonyl (C=O) groups excluding carboxylic acids is 2. The van der Waals surface area contributed by atoms with Gasteiger partial charge in [-0.3, -0.25) is 9.59 Å². The van der Waals surface area contributed by atoms with Gasteiger partial charge in [0.05, 0.1) is 17.8 Å². The van der Waals surface area contributed by atoms with E-state index in [4.69, 9.17) is 4.42 Å². The van der Waals surface area contributed by atoms with Crippen molar-refractivity contribution in [3.63, 3.8) is 0 Å². The van der Waals surface area contributed by atoms with E-state index in [0.717, 1.165) is 0 Å². The number of carbonyl (C=O) groups is 2. The Bertz CT molecular complexity index is 1080. The van der Waals surface area contributed by atoms with Crippen molar-refractivity contribution in [2.75, 3.05) is 5.32 Å². The van der Waals surface area contributed by atoms with E-state index in [1.807, 2.05) is 6.07 Å². The van der Waals surface area contributed by atoms with Gasteiger partial charge in [0.25, 0.3) is 5.91 Å². The van der Waals surface area contributed by atoms with Crippen molar-refractivity contribution in [1.29, 1.82) is 5.26 Å². The van der Waals surface area contributed by atoms with Crippen LogP contribution < -0.4 is 10.7 Å². The normalized spacial score (nSPS) is 10.4. The van der Waals surface area contributed by atoms with Gasteiger partial charge in [-0.15, -0.1) is 0 Å². The number of furan rings is 1. The molecule has 0 spiro atoms. The lowest BCUT2D eigenvalue weighted by Crippen LogP contribution is -2.17. The molecule has 0 saturated heterocycles. The minimum absolute atomic E-state index is 0.183. The molecule has 0 atom stereocenters. The van der Waals surface area contributed by atoms with E-state index in [2.05, 4.69) is 21.9 Å². The van der Waals surface area contributed by atoms with Crippen molar-refractivity contribution in [3.05, 3.63) is 77.6 Å². The third kappa shape index (κ3) is 4.51. The Morgan fingerprint density at radius 3 is 2.54 bits per heavy atom. The van der Waals surface area contributed by atoms with Gasteiger partial charge in [-0.2, -0.15) is 10.4 Å². The highest BCUT2D eigenvalue weighted by molar-refractivity contribution is 5.96. The van der Waals surface area contributed by atoms with Crippen LogP contribution in [0.1, 0.15) is 28.6 Å². The minimum Gasteiger partial charge on any atom is -0.455 e. The first-order chi connectivity index (χ1) is 13.6. The van der Waals surface area contributed by atoms with Crippen LogP contribution in [-0.4, -0.2) is 18.0 Å². The largest absolute Gasteiger partial charge is 0.455 e. The molecule has 0 fully saturated rings. The third-order valence-electron chi connectivity index (χ3n) is 3.77. The number of amides is 2. The van der Waals surface area contributed by atoms with Crippen molar-refractivity contribution in [3.8, 4) is 17.4 Å². The molecule has 3 rings (SSSR count). The second-order valence-corrected chi connectivity index (χ2v) is 5.82. The van der Waals surface area contributed by atoms with Crippen molar-refractivity contribution in [2.45, 2.75) is 6.92 Å². The molecule has 2 N–H and O–H groups in total. The van der Waals surface area contributed by atoms with E-state index in [0.29, 0.717) is 33.9 Å². The number of anilines is 1. The van der Waals surface area contributed by atoms with Crippen LogP contribution >= 0.6 is 0 Å². The summed E-state index contributed by atoms with van der Waals surface area (Å²) in [5.41, 5.74) is 4.61. The van der Waals surface area contributed by atoms with E-state index in [1.54, 1.807) is 54.6 Å². The quantitative estimate of drug-likeness (QED) is 0.527. The monoisotopic (exact) mass is 372 g/mol. The van der Waals surface area contributed by atoms with Crippen molar-refractivity contribution < 1.29 is 14.0 Å². The summed E-state index contributed by atoms with van der Waals surface area (Å²) in [5.74, 6) is 0.395. The van der Waals surface area contributed by atoms with Gasteiger partial charge in [0, 0.05) is 23.7 Å². The van der Waals surface area contributed by atoms with Crippen LogP contribution in [0.5, 0.6) is 0 Å². The van der Waals surface area contributed by atoms with Crippen LogP contribution in [0.15, 0.2) is 70.2 Å². The molecule has 2 aromatic carbocycles. The van der Waals surface area contributed by atoms with Crippen molar-refractivity contribution in [2.24, 2.45) is 5.10 Å². The number of benzene rings is 2. The first kappa shape index (κ1) is 18.6. The number of hydrogen-bond acceptors (Lipinski definition) is 5. The van der Waals surface area contributed by atoms with Gasteiger partial charge >= 0.3 is 0 Å². The first-order valence-electron chi connectivity index (χ1n) is 8.37. The molecule has 0 radical (unpaired) electrons. The van der Waals surface area contributed by atoms with E-state index < -0.39 is 5.91 Å². The highest BCUT2D eigenvalue weighted by Crippen LogP contribution is 2.24. The van der Waals surface area contributed by atoms with Crippen molar-refractivity contribution in [1.82, 2.24) is 5.43 Å². The van der Waals surface area contributed by atoms with E-state index in [1.165, 1.54) is 13.1 Å². The Morgan fingerprint density at radius 1 is 1.07 bits per heavy atom. The average molecular weight is 372 g/mol. The fraction of sp³-hybridized carbons (Fsp3) is 0.0476. The molecule has 138 valence electrons. The topological polar surface area (TPSA) is 107 Å². The maximum Gasteiger partial charge on any atom is 0.271 e. The summed E-state index contributed by atoms with van der Waals surface area (Å²) < 4.78 is 5.66. The molecule has 3 aromatic rings. The number of nitriles is 1. The molecule has 1 heterocycles.